The van der Waals surface area contributed by atoms with Gasteiger partial charge < -0.3 is 4.42 Å². The third-order valence-electron chi connectivity index (χ3n) is 2.85. The molecule has 0 atom stereocenters. The largest absolute Gasteiger partial charge is 0.440 e. The lowest BCUT2D eigenvalue weighted by Gasteiger charge is -2.07. The minimum Gasteiger partial charge on any atom is -0.440 e. The van der Waals surface area contributed by atoms with Gasteiger partial charge in [-0.25, -0.2) is 18.5 Å². The molecule has 9 heteroatoms. The molecule has 0 amide bonds. The fraction of sp³-hybridized carbons (Fsp3) is 0.0833. The summed E-state index contributed by atoms with van der Waals surface area (Å²) in [6.07, 6.45) is 1.26. The quantitative estimate of drug-likeness (QED) is 0.767. The molecule has 2 N–H and O–H groups in total. The Morgan fingerprint density at radius 1 is 1.19 bits per heavy atom. The number of para-hydroxylation sites is 1. The maximum Gasteiger partial charge on any atom is 0.274 e. The summed E-state index contributed by atoms with van der Waals surface area (Å²) in [4.78, 5) is 3.97. The van der Waals surface area contributed by atoms with E-state index in [0.717, 1.165) is 0 Å². The van der Waals surface area contributed by atoms with E-state index in [1.54, 1.807) is 31.2 Å². The van der Waals surface area contributed by atoms with E-state index in [0.29, 0.717) is 17.1 Å². The third-order valence-corrected chi connectivity index (χ3v) is 3.62. The van der Waals surface area contributed by atoms with Crippen LogP contribution < -0.4 is 5.14 Å². The highest BCUT2D eigenvalue weighted by Gasteiger charge is 2.25. The first kappa shape index (κ1) is 13.5. The fourth-order valence-corrected chi connectivity index (χ4v) is 2.53. The molecule has 21 heavy (non-hydrogen) atoms. The molecule has 2 aromatic heterocycles. The minimum atomic E-state index is -4.04. The first-order valence-electron chi connectivity index (χ1n) is 5.92. The van der Waals surface area contributed by atoms with Crippen molar-refractivity contribution in [3.05, 3.63) is 42.4 Å². The topological polar surface area (TPSA) is 117 Å². The molecule has 0 spiro atoms. The van der Waals surface area contributed by atoms with Gasteiger partial charge in [-0.3, -0.25) is 4.57 Å². The van der Waals surface area contributed by atoms with Crippen molar-refractivity contribution in [3.63, 3.8) is 0 Å². The normalized spacial score (nSPS) is 11.7. The van der Waals surface area contributed by atoms with E-state index >= 15 is 0 Å². The van der Waals surface area contributed by atoms with Gasteiger partial charge in [0, 0.05) is 0 Å². The summed E-state index contributed by atoms with van der Waals surface area (Å²) in [7, 11) is -4.04. The Morgan fingerprint density at radius 2 is 1.90 bits per heavy atom. The summed E-state index contributed by atoms with van der Waals surface area (Å²) in [5.41, 5.74) is 1.12. The SMILES string of the molecule is Cc1ncoc1-c1nnc(S(N)(=O)=O)n1-c1ccccc1. The molecule has 0 unspecified atom stereocenters. The predicted octanol–water partition coefficient (Wildman–Crippen LogP) is 0.878. The van der Waals surface area contributed by atoms with Gasteiger partial charge in [0.2, 0.25) is 5.82 Å². The molecule has 0 bridgehead atoms. The molecule has 108 valence electrons. The number of sulfonamides is 1. The van der Waals surface area contributed by atoms with Gasteiger partial charge in [0.15, 0.2) is 12.2 Å². The minimum absolute atomic E-state index is 0.222. The number of primary sulfonamides is 1. The zero-order valence-corrected chi connectivity index (χ0v) is 11.8. The number of nitrogens with two attached hydrogens (primary N) is 1. The molecule has 0 aliphatic carbocycles. The van der Waals surface area contributed by atoms with Crippen molar-refractivity contribution >= 4 is 10.0 Å². The Kier molecular flexibility index (Phi) is 3.07. The van der Waals surface area contributed by atoms with Crippen LogP contribution in [0.5, 0.6) is 0 Å². The molecule has 1 aromatic carbocycles. The number of oxazole rings is 1. The molecule has 0 aliphatic rings. The van der Waals surface area contributed by atoms with Crippen LogP contribution in [0.25, 0.3) is 17.3 Å². The van der Waals surface area contributed by atoms with E-state index in [1.165, 1.54) is 11.0 Å². The molecule has 0 aliphatic heterocycles. The number of nitrogens with zero attached hydrogens (tertiary/aromatic N) is 4. The Morgan fingerprint density at radius 3 is 2.48 bits per heavy atom. The summed E-state index contributed by atoms with van der Waals surface area (Å²) in [6.45, 7) is 1.72. The van der Waals surface area contributed by atoms with Gasteiger partial charge >= 0.3 is 0 Å². The Hall–Kier alpha value is -2.52. The average Bonchev–Trinajstić information content (AvgIpc) is 3.04. The fourth-order valence-electron chi connectivity index (χ4n) is 1.93. The van der Waals surface area contributed by atoms with Crippen molar-refractivity contribution in [1.82, 2.24) is 19.7 Å². The highest BCUT2D eigenvalue weighted by molar-refractivity contribution is 7.89. The zero-order valence-electron chi connectivity index (χ0n) is 11.0. The van der Waals surface area contributed by atoms with Gasteiger partial charge in [-0.05, 0) is 19.1 Å². The van der Waals surface area contributed by atoms with Gasteiger partial charge in [0.05, 0.1) is 11.4 Å². The molecule has 0 fully saturated rings. The number of aromatic nitrogens is 4. The van der Waals surface area contributed by atoms with E-state index in [9.17, 15) is 8.42 Å². The van der Waals surface area contributed by atoms with Crippen LogP contribution in [0.4, 0.5) is 0 Å². The molecule has 3 aromatic rings. The second kappa shape index (κ2) is 4.79. The van der Waals surface area contributed by atoms with Crippen LogP contribution in [-0.2, 0) is 10.0 Å². The van der Waals surface area contributed by atoms with Crippen LogP contribution in [0.2, 0.25) is 0 Å². The number of hydrogen-bond donors (Lipinski definition) is 1. The number of rotatable bonds is 3. The van der Waals surface area contributed by atoms with Gasteiger partial charge in [-0.2, -0.15) is 0 Å². The Bertz CT molecular complexity index is 883. The van der Waals surface area contributed by atoms with Crippen molar-refractivity contribution in [2.24, 2.45) is 5.14 Å². The van der Waals surface area contributed by atoms with Gasteiger partial charge in [0.25, 0.3) is 15.2 Å². The van der Waals surface area contributed by atoms with Crippen LogP contribution >= 0.6 is 0 Å². The summed E-state index contributed by atoms with van der Waals surface area (Å²) < 4.78 is 30.0. The lowest BCUT2D eigenvalue weighted by atomic mass is 10.3. The molecule has 8 nitrogen and oxygen atoms in total. The highest BCUT2D eigenvalue weighted by atomic mass is 32.2. The van der Waals surface area contributed by atoms with Gasteiger partial charge in [0.1, 0.15) is 0 Å². The summed E-state index contributed by atoms with van der Waals surface area (Å²) >= 11 is 0. The summed E-state index contributed by atoms with van der Waals surface area (Å²) in [5.74, 6) is 0.557. The standard InChI is InChI=1S/C12H11N5O3S/c1-8-10(20-7-14-8)11-15-16-12(21(13,18)19)17(11)9-5-3-2-4-6-9/h2-7H,1H3,(H2,13,18,19). The lowest BCUT2D eigenvalue weighted by molar-refractivity contribution is 0.564. The van der Waals surface area contributed by atoms with Crippen LogP contribution in [0.15, 0.2) is 46.3 Å². The third kappa shape index (κ3) is 2.32. The summed E-state index contributed by atoms with van der Waals surface area (Å²) in [5, 5.41) is 12.4. The molecule has 0 radical (unpaired) electrons. The first-order valence-corrected chi connectivity index (χ1v) is 7.47. The molecule has 3 rings (SSSR count). The predicted molar refractivity (Wildman–Crippen MR) is 73.0 cm³/mol. The first-order chi connectivity index (χ1) is 9.98. The van der Waals surface area contributed by atoms with E-state index in [2.05, 4.69) is 15.2 Å². The molecular weight excluding hydrogens is 294 g/mol. The van der Waals surface area contributed by atoms with E-state index in [4.69, 9.17) is 9.56 Å². The van der Waals surface area contributed by atoms with Crippen molar-refractivity contribution in [1.29, 1.82) is 0 Å². The van der Waals surface area contributed by atoms with Crippen LogP contribution in [0.3, 0.4) is 0 Å². The van der Waals surface area contributed by atoms with Gasteiger partial charge in [-0.1, -0.05) is 18.2 Å². The van der Waals surface area contributed by atoms with E-state index < -0.39 is 10.0 Å². The summed E-state index contributed by atoms with van der Waals surface area (Å²) in [6, 6.07) is 8.77. The monoisotopic (exact) mass is 305 g/mol. The van der Waals surface area contributed by atoms with Crippen LogP contribution in [0, 0.1) is 6.92 Å². The molecule has 0 saturated heterocycles. The average molecular weight is 305 g/mol. The number of benzene rings is 1. The van der Waals surface area contributed by atoms with Crippen LogP contribution in [0.1, 0.15) is 5.69 Å². The Balaban J connectivity index is 2.33. The molecule has 2 heterocycles. The van der Waals surface area contributed by atoms with Crippen molar-refractivity contribution < 1.29 is 12.8 Å². The van der Waals surface area contributed by atoms with Crippen molar-refractivity contribution in [3.8, 4) is 17.3 Å². The van der Waals surface area contributed by atoms with E-state index in [-0.39, 0.29) is 11.0 Å². The van der Waals surface area contributed by atoms with Crippen molar-refractivity contribution in [2.75, 3.05) is 0 Å². The number of aryl methyl sites for hydroxylation is 1. The Labute approximate surface area is 120 Å². The second-order valence-corrected chi connectivity index (χ2v) is 5.74. The highest BCUT2D eigenvalue weighted by Crippen LogP contribution is 2.26. The van der Waals surface area contributed by atoms with E-state index in [1.807, 2.05) is 6.07 Å². The zero-order chi connectivity index (χ0) is 15.0. The lowest BCUT2D eigenvalue weighted by Crippen LogP contribution is -2.18. The molecule has 0 saturated carbocycles. The number of hydrogen-bond acceptors (Lipinski definition) is 6. The second-order valence-electron chi connectivity index (χ2n) is 4.29. The van der Waals surface area contributed by atoms with Crippen LogP contribution in [-0.4, -0.2) is 28.2 Å². The smallest absolute Gasteiger partial charge is 0.274 e. The molecular formula is C12H11N5O3S. The maximum atomic E-state index is 11.7. The van der Waals surface area contributed by atoms with Crippen molar-refractivity contribution in [2.45, 2.75) is 12.1 Å². The van der Waals surface area contributed by atoms with Gasteiger partial charge in [-0.15, -0.1) is 10.2 Å². The maximum absolute atomic E-state index is 11.7.